The molecule has 0 saturated carbocycles. The topological polar surface area (TPSA) is 70.0 Å². The summed E-state index contributed by atoms with van der Waals surface area (Å²) in [6, 6.07) is 4.56. The fourth-order valence-corrected chi connectivity index (χ4v) is 2.14. The van der Waals surface area contributed by atoms with Crippen LogP contribution in [0, 0.1) is 0 Å². The number of aliphatic hydroxyl groups excluding tert-OH is 1. The van der Waals surface area contributed by atoms with E-state index in [1.165, 1.54) is 13.2 Å². The van der Waals surface area contributed by atoms with E-state index in [0.29, 0.717) is 24.4 Å². The number of hydrogen-bond acceptors (Lipinski definition) is 4. The average molecular weight is 251 g/mol. The maximum absolute atomic E-state index is 12.2. The van der Waals surface area contributed by atoms with Crippen molar-refractivity contribution in [1.82, 2.24) is 4.90 Å². The number of ether oxygens (including phenoxy) is 1. The molecule has 0 aromatic heterocycles. The summed E-state index contributed by atoms with van der Waals surface area (Å²) in [7, 11) is 1.46. The molecule has 98 valence electrons. The second-order valence-corrected chi connectivity index (χ2v) is 4.43. The minimum absolute atomic E-state index is 0.0547. The molecule has 1 aromatic carbocycles. The van der Waals surface area contributed by atoms with Crippen LogP contribution in [0.4, 0.5) is 0 Å². The number of phenols is 1. The SMILES string of the molecule is COc1ccc(C(=O)N2CCC[C@H](O)C2)cc1O. The van der Waals surface area contributed by atoms with Crippen molar-refractivity contribution >= 4 is 5.91 Å². The fraction of sp³-hybridized carbons (Fsp3) is 0.462. The van der Waals surface area contributed by atoms with Crippen molar-refractivity contribution in [3.63, 3.8) is 0 Å². The Hall–Kier alpha value is -1.75. The number of aliphatic hydroxyl groups is 1. The van der Waals surface area contributed by atoms with Crippen molar-refractivity contribution in [3.8, 4) is 11.5 Å². The monoisotopic (exact) mass is 251 g/mol. The van der Waals surface area contributed by atoms with E-state index in [4.69, 9.17) is 4.74 Å². The van der Waals surface area contributed by atoms with Gasteiger partial charge in [0.25, 0.3) is 5.91 Å². The van der Waals surface area contributed by atoms with Gasteiger partial charge in [-0.1, -0.05) is 0 Å². The first-order valence-corrected chi connectivity index (χ1v) is 5.96. The Morgan fingerprint density at radius 2 is 2.28 bits per heavy atom. The number of rotatable bonds is 2. The maximum atomic E-state index is 12.2. The van der Waals surface area contributed by atoms with Gasteiger partial charge in [0.15, 0.2) is 11.5 Å². The molecule has 18 heavy (non-hydrogen) atoms. The summed E-state index contributed by atoms with van der Waals surface area (Å²) in [5.41, 5.74) is 0.405. The molecule has 1 fully saturated rings. The molecule has 0 radical (unpaired) electrons. The second-order valence-electron chi connectivity index (χ2n) is 4.43. The molecular weight excluding hydrogens is 234 g/mol. The lowest BCUT2D eigenvalue weighted by molar-refractivity contribution is 0.0473. The number of piperidine rings is 1. The minimum atomic E-state index is -0.449. The van der Waals surface area contributed by atoms with Crippen molar-refractivity contribution in [1.29, 1.82) is 0 Å². The van der Waals surface area contributed by atoms with Crippen molar-refractivity contribution in [3.05, 3.63) is 23.8 Å². The number of benzene rings is 1. The molecule has 2 N–H and O–H groups in total. The molecule has 2 rings (SSSR count). The molecule has 0 spiro atoms. The first-order chi connectivity index (χ1) is 8.61. The van der Waals surface area contributed by atoms with Gasteiger partial charge in [-0.25, -0.2) is 0 Å². The van der Waals surface area contributed by atoms with E-state index >= 15 is 0 Å². The Morgan fingerprint density at radius 1 is 1.50 bits per heavy atom. The van der Waals surface area contributed by atoms with Crippen molar-refractivity contribution in [2.45, 2.75) is 18.9 Å². The zero-order valence-electron chi connectivity index (χ0n) is 10.3. The van der Waals surface area contributed by atoms with Gasteiger partial charge < -0.3 is 19.8 Å². The number of amides is 1. The first kappa shape index (κ1) is 12.7. The summed E-state index contributed by atoms with van der Waals surface area (Å²) >= 11 is 0. The van der Waals surface area contributed by atoms with Gasteiger partial charge in [0.2, 0.25) is 0 Å². The Morgan fingerprint density at radius 3 is 2.89 bits per heavy atom. The Balaban J connectivity index is 2.15. The largest absolute Gasteiger partial charge is 0.504 e. The van der Waals surface area contributed by atoms with Crippen LogP contribution in [0.15, 0.2) is 18.2 Å². The van der Waals surface area contributed by atoms with E-state index in [1.807, 2.05) is 0 Å². The van der Waals surface area contributed by atoms with Gasteiger partial charge in [0, 0.05) is 18.7 Å². The number of nitrogens with zero attached hydrogens (tertiary/aromatic N) is 1. The van der Waals surface area contributed by atoms with E-state index in [2.05, 4.69) is 0 Å². The molecular formula is C13H17NO4. The van der Waals surface area contributed by atoms with Crippen LogP contribution in [-0.2, 0) is 0 Å². The summed E-state index contributed by atoms with van der Waals surface area (Å²) in [5, 5.41) is 19.2. The molecule has 1 aliphatic rings. The molecule has 1 saturated heterocycles. The highest BCUT2D eigenvalue weighted by Gasteiger charge is 2.23. The van der Waals surface area contributed by atoms with Crippen molar-refractivity contribution in [2.75, 3.05) is 20.2 Å². The molecule has 0 bridgehead atoms. The number of carbonyl (C=O) groups is 1. The van der Waals surface area contributed by atoms with Gasteiger partial charge in [0.1, 0.15) is 0 Å². The molecule has 1 amide bonds. The molecule has 0 aliphatic carbocycles. The summed E-state index contributed by atoms with van der Waals surface area (Å²) in [6.45, 7) is 0.994. The first-order valence-electron chi connectivity index (χ1n) is 5.96. The van der Waals surface area contributed by atoms with Gasteiger partial charge in [-0.15, -0.1) is 0 Å². The highest BCUT2D eigenvalue weighted by Crippen LogP contribution is 2.27. The van der Waals surface area contributed by atoms with Crippen LogP contribution < -0.4 is 4.74 Å². The van der Waals surface area contributed by atoms with Crippen LogP contribution in [0.25, 0.3) is 0 Å². The van der Waals surface area contributed by atoms with Crippen molar-refractivity contribution in [2.24, 2.45) is 0 Å². The predicted molar refractivity (Wildman–Crippen MR) is 65.8 cm³/mol. The number of phenolic OH excluding ortho intramolecular Hbond substituents is 1. The molecule has 1 atom stereocenters. The Labute approximate surface area is 106 Å². The summed E-state index contributed by atoms with van der Waals surface area (Å²) in [6.07, 6.45) is 1.08. The quantitative estimate of drug-likeness (QED) is 0.822. The van der Waals surface area contributed by atoms with Crippen LogP contribution in [0.2, 0.25) is 0 Å². The number of carbonyl (C=O) groups excluding carboxylic acids is 1. The number of aromatic hydroxyl groups is 1. The van der Waals surface area contributed by atoms with Crippen LogP contribution in [0.3, 0.4) is 0 Å². The van der Waals surface area contributed by atoms with Crippen molar-refractivity contribution < 1.29 is 19.7 Å². The smallest absolute Gasteiger partial charge is 0.254 e. The van der Waals surface area contributed by atoms with Gasteiger partial charge in [-0.3, -0.25) is 4.79 Å². The lowest BCUT2D eigenvalue weighted by atomic mass is 10.1. The molecule has 1 aromatic rings. The van der Waals surface area contributed by atoms with E-state index in [-0.39, 0.29) is 11.7 Å². The van der Waals surface area contributed by atoms with Gasteiger partial charge in [-0.2, -0.15) is 0 Å². The molecule has 1 heterocycles. The third-order valence-corrected chi connectivity index (χ3v) is 3.11. The fourth-order valence-electron chi connectivity index (χ4n) is 2.14. The van der Waals surface area contributed by atoms with Gasteiger partial charge in [-0.05, 0) is 31.0 Å². The highest BCUT2D eigenvalue weighted by atomic mass is 16.5. The zero-order chi connectivity index (χ0) is 13.1. The van der Waals surface area contributed by atoms with Gasteiger partial charge >= 0.3 is 0 Å². The molecule has 5 nitrogen and oxygen atoms in total. The molecule has 1 aliphatic heterocycles. The number of hydrogen-bond donors (Lipinski definition) is 2. The third-order valence-electron chi connectivity index (χ3n) is 3.11. The van der Waals surface area contributed by atoms with Crippen LogP contribution in [0.1, 0.15) is 23.2 Å². The maximum Gasteiger partial charge on any atom is 0.254 e. The molecule has 0 unspecified atom stereocenters. The minimum Gasteiger partial charge on any atom is -0.504 e. The second kappa shape index (κ2) is 5.27. The van der Waals surface area contributed by atoms with E-state index < -0.39 is 6.10 Å². The predicted octanol–water partition coefficient (Wildman–Crippen LogP) is 0.998. The normalized spacial score (nSPS) is 19.7. The van der Waals surface area contributed by atoms with Crippen LogP contribution in [-0.4, -0.2) is 47.3 Å². The molecule has 5 heteroatoms. The van der Waals surface area contributed by atoms with Crippen LogP contribution in [0.5, 0.6) is 11.5 Å². The van der Waals surface area contributed by atoms with Gasteiger partial charge in [0.05, 0.1) is 13.2 Å². The lowest BCUT2D eigenvalue weighted by Gasteiger charge is -2.30. The van der Waals surface area contributed by atoms with Crippen LogP contribution >= 0.6 is 0 Å². The number of likely N-dealkylation sites (tertiary alicyclic amines) is 1. The average Bonchev–Trinajstić information content (AvgIpc) is 2.37. The van der Waals surface area contributed by atoms with E-state index in [1.54, 1.807) is 17.0 Å². The summed E-state index contributed by atoms with van der Waals surface area (Å²) < 4.78 is 4.93. The highest BCUT2D eigenvalue weighted by molar-refractivity contribution is 5.95. The standard InChI is InChI=1S/C13H17NO4/c1-18-12-5-4-9(7-11(12)16)13(17)14-6-2-3-10(15)8-14/h4-5,7,10,15-16H,2-3,6,8H2,1H3/t10-/m0/s1. The Bertz CT molecular complexity index is 447. The van der Waals surface area contributed by atoms with E-state index in [0.717, 1.165) is 12.8 Å². The van der Waals surface area contributed by atoms with E-state index in [9.17, 15) is 15.0 Å². The summed E-state index contributed by atoms with van der Waals surface area (Å²) in [4.78, 5) is 13.8. The number of β-amino-alcohol motifs (C(OH)–C–C–N with tert-alkyl or cyclic N) is 1. The Kier molecular flexibility index (Phi) is 3.72. The third kappa shape index (κ3) is 2.56. The zero-order valence-corrected chi connectivity index (χ0v) is 10.3. The number of methoxy groups -OCH3 is 1. The summed E-state index contributed by atoms with van der Waals surface area (Å²) in [5.74, 6) is 0.109. The lowest BCUT2D eigenvalue weighted by Crippen LogP contribution is -2.42.